The number of nitrogens with one attached hydrogen (secondary N) is 4. The number of imidazole rings is 2. The Balaban J connectivity index is 0.992. The number of carbonyl (C=O) groups is 5. The van der Waals surface area contributed by atoms with Gasteiger partial charge < -0.3 is 40.2 Å². The fourth-order valence-electron chi connectivity index (χ4n) is 7.55. The van der Waals surface area contributed by atoms with E-state index in [1.165, 1.54) is 23.3 Å². The maximum absolute atomic E-state index is 13.8. The number of hydrogen-bond donors (Lipinski definition) is 4. The summed E-state index contributed by atoms with van der Waals surface area (Å²) in [7, 11) is 1.28. The van der Waals surface area contributed by atoms with Gasteiger partial charge in [0.15, 0.2) is 10.8 Å². The van der Waals surface area contributed by atoms with Crippen molar-refractivity contribution in [2.75, 3.05) is 32.1 Å². The summed E-state index contributed by atoms with van der Waals surface area (Å²) in [5.74, 6) is 0.0593. The third-order valence-electron chi connectivity index (χ3n) is 10.5. The molecular weight excluding hydrogens is 763 g/mol. The molecule has 2 fully saturated rings. The molecule has 2 aromatic carbocycles. The van der Waals surface area contributed by atoms with Gasteiger partial charge in [0.1, 0.15) is 23.9 Å². The maximum Gasteiger partial charge on any atom is 0.408 e. The summed E-state index contributed by atoms with van der Waals surface area (Å²) in [6.07, 6.45) is 6.84. The number of nitrogens with zero attached hydrogens (tertiary/aromatic N) is 5. The molecule has 3 unspecified atom stereocenters. The van der Waals surface area contributed by atoms with Gasteiger partial charge in [-0.1, -0.05) is 79.8 Å². The number of ether oxygens (including phenoxy) is 2. The average Bonchev–Trinajstić information content (AvgIpc) is 4.07. The van der Waals surface area contributed by atoms with Crippen LogP contribution in [0.25, 0.3) is 26.7 Å². The predicted octanol–water partition coefficient (Wildman–Crippen LogP) is 5.91. The molecule has 4 atom stereocenters. The van der Waals surface area contributed by atoms with Crippen molar-refractivity contribution in [2.45, 2.75) is 70.6 Å². The summed E-state index contributed by atoms with van der Waals surface area (Å²) in [6, 6.07) is 14.3. The van der Waals surface area contributed by atoms with E-state index in [0.717, 1.165) is 34.5 Å². The van der Waals surface area contributed by atoms with Crippen molar-refractivity contribution in [1.29, 1.82) is 0 Å². The lowest BCUT2D eigenvalue weighted by molar-refractivity contribution is -0.138. The number of thiazole rings is 1. The van der Waals surface area contributed by atoms with Gasteiger partial charge in [0.05, 0.1) is 42.7 Å². The number of alkyl carbamates (subject to hydrolysis) is 2. The number of aromatic amines is 1. The second-order valence-electron chi connectivity index (χ2n) is 14.6. The van der Waals surface area contributed by atoms with Crippen LogP contribution in [-0.2, 0) is 23.9 Å². The largest absolute Gasteiger partial charge is 0.453 e. The van der Waals surface area contributed by atoms with Crippen LogP contribution in [0.2, 0.25) is 0 Å². The molecule has 5 heterocycles. The molecule has 5 aromatic rings. The highest BCUT2D eigenvalue weighted by molar-refractivity contribution is 7.20. The number of carbonyl (C=O) groups excluding carboxylic acids is 5. The summed E-state index contributed by atoms with van der Waals surface area (Å²) in [4.78, 5) is 82.9. The van der Waals surface area contributed by atoms with Crippen molar-refractivity contribution in [3.63, 3.8) is 0 Å². The van der Waals surface area contributed by atoms with E-state index in [-0.39, 0.29) is 36.3 Å². The molecule has 0 radical (unpaired) electrons. The predicted molar refractivity (Wildman–Crippen MR) is 217 cm³/mol. The van der Waals surface area contributed by atoms with Crippen molar-refractivity contribution < 1.29 is 33.4 Å². The summed E-state index contributed by atoms with van der Waals surface area (Å²) >= 11 is 1.47. The van der Waals surface area contributed by atoms with Crippen molar-refractivity contribution in [3.05, 3.63) is 84.6 Å². The Morgan fingerprint density at radius 1 is 0.897 bits per heavy atom. The van der Waals surface area contributed by atoms with Crippen LogP contribution in [0.3, 0.4) is 0 Å². The van der Waals surface area contributed by atoms with Gasteiger partial charge in [-0.25, -0.2) is 19.6 Å². The molecule has 58 heavy (non-hydrogen) atoms. The van der Waals surface area contributed by atoms with E-state index in [1.54, 1.807) is 48.5 Å². The lowest BCUT2D eigenvalue weighted by Gasteiger charge is -2.30. The zero-order valence-electron chi connectivity index (χ0n) is 32.8. The first-order chi connectivity index (χ1) is 28.0. The van der Waals surface area contributed by atoms with Crippen LogP contribution in [0, 0.1) is 5.92 Å². The van der Waals surface area contributed by atoms with E-state index >= 15 is 0 Å². The average molecular weight is 810 g/mol. The zero-order valence-corrected chi connectivity index (χ0v) is 33.6. The minimum absolute atomic E-state index is 0.121. The second-order valence-corrected chi connectivity index (χ2v) is 15.6. The van der Waals surface area contributed by atoms with Crippen LogP contribution in [0.15, 0.2) is 73.2 Å². The van der Waals surface area contributed by atoms with E-state index in [1.807, 2.05) is 54.8 Å². The first kappa shape index (κ1) is 40.0. The van der Waals surface area contributed by atoms with Crippen molar-refractivity contribution >= 4 is 52.0 Å². The van der Waals surface area contributed by atoms with Gasteiger partial charge in [0.25, 0.3) is 5.91 Å². The third kappa shape index (κ3) is 8.54. The number of fused-ring (bicyclic) bond motifs is 1. The molecule has 0 spiro atoms. The quantitative estimate of drug-likeness (QED) is 0.119. The Kier molecular flexibility index (Phi) is 12.1. The number of aromatic nitrogens is 4. The molecule has 2 aliphatic rings. The molecule has 17 heteroatoms. The van der Waals surface area contributed by atoms with Crippen LogP contribution in [0.5, 0.6) is 0 Å². The number of amides is 5. The van der Waals surface area contributed by atoms with Crippen molar-refractivity contribution in [2.24, 2.45) is 5.92 Å². The highest BCUT2D eigenvalue weighted by Crippen LogP contribution is 2.35. The second kappa shape index (κ2) is 17.5. The topological polar surface area (TPSA) is 192 Å². The Labute approximate surface area is 339 Å². The number of likely N-dealkylation sites (tertiary alicyclic amines) is 2. The summed E-state index contributed by atoms with van der Waals surface area (Å²) in [6.45, 7) is 6.57. The summed E-state index contributed by atoms with van der Waals surface area (Å²) in [5, 5.41) is 8.24. The summed E-state index contributed by atoms with van der Waals surface area (Å²) < 4.78 is 11.7. The number of hydrogen-bond acceptors (Lipinski definition) is 10. The molecule has 5 amide bonds. The molecule has 304 valence electrons. The Hall–Kier alpha value is -6.23. The highest BCUT2D eigenvalue weighted by atomic mass is 32.1. The zero-order chi connectivity index (χ0) is 40.9. The van der Waals surface area contributed by atoms with E-state index in [0.29, 0.717) is 48.1 Å². The SMILES string of the molecule is CCOC(=O)NC(C(=O)N1CCCC1C(=O)Nc1cn2cc(-c3ccc(-c4cnc(C5CCCN5C(=O)[C@@H](NC(=O)OC)C(C)C)[nH]4)cc3)sc2n1)c1ccccc1. The van der Waals surface area contributed by atoms with Crippen LogP contribution in [0.1, 0.15) is 69.9 Å². The summed E-state index contributed by atoms with van der Waals surface area (Å²) in [5.41, 5.74) is 3.34. The Morgan fingerprint density at radius 3 is 2.33 bits per heavy atom. The number of anilines is 1. The molecule has 0 saturated carbocycles. The molecule has 4 N–H and O–H groups in total. The van der Waals surface area contributed by atoms with Gasteiger partial charge in [-0.3, -0.25) is 18.8 Å². The minimum Gasteiger partial charge on any atom is -0.453 e. The first-order valence-corrected chi connectivity index (χ1v) is 20.2. The smallest absolute Gasteiger partial charge is 0.408 e. The molecule has 2 aliphatic heterocycles. The van der Waals surface area contributed by atoms with Crippen LogP contribution >= 0.6 is 11.3 Å². The molecule has 16 nitrogen and oxygen atoms in total. The lowest BCUT2D eigenvalue weighted by atomic mass is 10.0. The molecule has 7 rings (SSSR count). The van der Waals surface area contributed by atoms with Gasteiger partial charge >= 0.3 is 12.2 Å². The van der Waals surface area contributed by atoms with E-state index in [9.17, 15) is 24.0 Å². The Bertz CT molecular complexity index is 2240. The molecule has 3 aromatic heterocycles. The number of benzene rings is 2. The first-order valence-electron chi connectivity index (χ1n) is 19.4. The molecule has 0 aliphatic carbocycles. The number of methoxy groups -OCH3 is 1. The van der Waals surface area contributed by atoms with Crippen LogP contribution in [0.4, 0.5) is 15.4 Å². The highest BCUT2D eigenvalue weighted by Gasteiger charge is 2.39. The van der Waals surface area contributed by atoms with Gasteiger partial charge in [-0.15, -0.1) is 0 Å². The fraction of sp³-hybridized carbons (Fsp3) is 0.390. The Morgan fingerprint density at radius 2 is 1.62 bits per heavy atom. The number of H-pyrrole nitrogens is 1. The minimum atomic E-state index is -1.00. The maximum atomic E-state index is 13.8. The van der Waals surface area contributed by atoms with Crippen LogP contribution in [-0.4, -0.2) is 98.0 Å². The van der Waals surface area contributed by atoms with E-state index in [4.69, 9.17) is 9.47 Å². The van der Waals surface area contributed by atoms with E-state index < -0.39 is 30.3 Å². The fourth-order valence-corrected chi connectivity index (χ4v) is 8.52. The van der Waals surface area contributed by atoms with Crippen molar-refractivity contribution in [3.8, 4) is 21.7 Å². The van der Waals surface area contributed by atoms with Gasteiger partial charge in [-0.05, 0) is 55.2 Å². The molecule has 2 saturated heterocycles. The monoisotopic (exact) mass is 809 g/mol. The standard InChI is InChI=1S/C41H47N9O7S/c1-5-57-41(55)47-34(27-11-7-6-8-12-27)38(53)50-20-10-14-30(50)36(51)44-32-23-48-22-31(58-39(48)45-32)26-17-15-25(16-18-26)28-21-42-35(43-28)29-13-9-19-49(29)37(52)33(24(2)3)46-40(54)56-4/h6-8,11-12,15-18,21-24,29-30,33-34H,5,9-10,13-14,19-20H2,1-4H3,(H,42,43)(H,44,51)(H,46,54)(H,47,55)/t29?,30?,33-,34?/m0/s1. The van der Waals surface area contributed by atoms with Crippen LogP contribution < -0.4 is 16.0 Å². The van der Waals surface area contributed by atoms with Crippen molar-refractivity contribution in [1.82, 2.24) is 39.8 Å². The third-order valence-corrected chi connectivity index (χ3v) is 11.5. The molecule has 0 bridgehead atoms. The molecular formula is C41H47N9O7S. The lowest BCUT2D eigenvalue weighted by Crippen LogP contribution is -2.51. The normalized spacial score (nSPS) is 17.6. The van der Waals surface area contributed by atoms with Gasteiger partial charge in [0.2, 0.25) is 11.8 Å². The van der Waals surface area contributed by atoms with Gasteiger partial charge in [-0.2, -0.15) is 0 Å². The number of rotatable bonds is 12. The van der Waals surface area contributed by atoms with E-state index in [2.05, 4.69) is 30.9 Å². The van der Waals surface area contributed by atoms with Gasteiger partial charge in [0, 0.05) is 19.3 Å².